The van der Waals surface area contributed by atoms with Gasteiger partial charge in [-0.3, -0.25) is 4.98 Å². The van der Waals surface area contributed by atoms with Gasteiger partial charge in [0.25, 0.3) is 0 Å². The Morgan fingerprint density at radius 3 is 2.50 bits per heavy atom. The van der Waals surface area contributed by atoms with Gasteiger partial charge in [0.15, 0.2) is 0 Å². The summed E-state index contributed by atoms with van der Waals surface area (Å²) in [5.41, 5.74) is 7.40. The minimum Gasteiger partial charge on any atom is -0.317 e. The lowest BCUT2D eigenvalue weighted by Gasteiger charge is -2.27. The number of nitrogens with zero attached hydrogens (tertiary/aromatic N) is 1. The molecule has 18 heavy (non-hydrogen) atoms. The quantitative estimate of drug-likeness (QED) is 0.821. The molecule has 1 aliphatic carbocycles. The fourth-order valence-electron chi connectivity index (χ4n) is 3.56. The maximum absolute atomic E-state index is 5.07. The van der Waals surface area contributed by atoms with Crippen molar-refractivity contribution in [2.75, 3.05) is 13.1 Å². The van der Waals surface area contributed by atoms with Crippen molar-refractivity contribution in [3.8, 4) is 0 Å². The van der Waals surface area contributed by atoms with Crippen molar-refractivity contribution in [1.29, 1.82) is 0 Å². The first-order chi connectivity index (χ1) is 8.77. The summed E-state index contributed by atoms with van der Waals surface area (Å²) in [5, 5.41) is 3.45. The van der Waals surface area contributed by atoms with Gasteiger partial charge in [-0.1, -0.05) is 0 Å². The van der Waals surface area contributed by atoms with E-state index in [4.69, 9.17) is 4.98 Å². The van der Waals surface area contributed by atoms with E-state index >= 15 is 0 Å². The minimum atomic E-state index is 0.692. The molecule has 1 aliphatic heterocycles. The molecule has 0 atom stereocenters. The van der Waals surface area contributed by atoms with E-state index in [0.29, 0.717) is 5.92 Å². The van der Waals surface area contributed by atoms with Gasteiger partial charge < -0.3 is 5.32 Å². The summed E-state index contributed by atoms with van der Waals surface area (Å²) in [4.78, 5) is 5.07. The van der Waals surface area contributed by atoms with Gasteiger partial charge in [-0.25, -0.2) is 0 Å². The summed E-state index contributed by atoms with van der Waals surface area (Å²) in [6, 6.07) is 0. The zero-order valence-corrected chi connectivity index (χ0v) is 11.7. The Morgan fingerprint density at radius 2 is 1.72 bits per heavy atom. The van der Waals surface area contributed by atoms with Gasteiger partial charge in [0.2, 0.25) is 0 Å². The highest BCUT2D eigenvalue weighted by Crippen LogP contribution is 2.32. The monoisotopic (exact) mass is 244 g/mol. The van der Waals surface area contributed by atoms with Crippen molar-refractivity contribution in [3.05, 3.63) is 28.1 Å². The van der Waals surface area contributed by atoms with Crippen LogP contribution in [0.25, 0.3) is 0 Å². The predicted molar refractivity (Wildman–Crippen MR) is 75.2 cm³/mol. The lowest BCUT2D eigenvalue weighted by molar-refractivity contribution is 0.449. The zero-order valence-electron chi connectivity index (χ0n) is 11.7. The summed E-state index contributed by atoms with van der Waals surface area (Å²) in [6.07, 6.45) is 7.64. The number of rotatable bonds is 1. The normalized spacial score (nSPS) is 20.8. The van der Waals surface area contributed by atoms with Gasteiger partial charge in [-0.15, -0.1) is 0 Å². The van der Waals surface area contributed by atoms with Crippen LogP contribution in [0.1, 0.15) is 59.7 Å². The fraction of sp³-hybridized carbons (Fsp3) is 0.688. The van der Waals surface area contributed by atoms with Gasteiger partial charge in [-0.05, 0) is 82.2 Å². The van der Waals surface area contributed by atoms with Crippen molar-refractivity contribution in [1.82, 2.24) is 10.3 Å². The molecule has 0 saturated carbocycles. The standard InChI is InChI=1S/C16H24N2/c1-11-12(2)16(13-7-9-17-10-8-13)18-15-6-4-3-5-14(11)15/h13,17H,3-10H2,1-2H3. The van der Waals surface area contributed by atoms with E-state index in [2.05, 4.69) is 19.2 Å². The Bertz CT molecular complexity index is 445. The third kappa shape index (κ3) is 2.07. The van der Waals surface area contributed by atoms with Crippen molar-refractivity contribution in [3.63, 3.8) is 0 Å². The van der Waals surface area contributed by atoms with E-state index in [-0.39, 0.29) is 0 Å². The second-order valence-electron chi connectivity index (χ2n) is 5.90. The van der Waals surface area contributed by atoms with E-state index in [1.807, 2.05) is 0 Å². The highest BCUT2D eigenvalue weighted by Gasteiger charge is 2.23. The molecule has 0 bridgehead atoms. The van der Waals surface area contributed by atoms with Crippen LogP contribution >= 0.6 is 0 Å². The van der Waals surface area contributed by atoms with Crippen LogP contribution < -0.4 is 5.32 Å². The molecule has 1 N–H and O–H groups in total. The summed E-state index contributed by atoms with van der Waals surface area (Å²) in [6.45, 7) is 6.91. The largest absolute Gasteiger partial charge is 0.317 e. The third-order valence-corrected chi connectivity index (χ3v) is 4.82. The van der Waals surface area contributed by atoms with Gasteiger partial charge in [0.1, 0.15) is 0 Å². The molecule has 2 heterocycles. The first-order valence-electron chi connectivity index (χ1n) is 7.47. The molecular weight excluding hydrogens is 220 g/mol. The average Bonchev–Trinajstić information content (AvgIpc) is 2.44. The van der Waals surface area contributed by atoms with Crippen LogP contribution in [0.4, 0.5) is 0 Å². The van der Waals surface area contributed by atoms with Crippen molar-refractivity contribution < 1.29 is 0 Å². The molecule has 0 amide bonds. The third-order valence-electron chi connectivity index (χ3n) is 4.82. The molecule has 0 spiro atoms. The van der Waals surface area contributed by atoms with Crippen LogP contribution in [-0.2, 0) is 12.8 Å². The molecule has 98 valence electrons. The number of hydrogen-bond acceptors (Lipinski definition) is 2. The molecule has 1 saturated heterocycles. The maximum Gasteiger partial charge on any atom is 0.0470 e. The molecule has 3 rings (SSSR count). The summed E-state index contributed by atoms with van der Waals surface area (Å²) in [7, 11) is 0. The van der Waals surface area contributed by atoms with Crippen molar-refractivity contribution >= 4 is 0 Å². The predicted octanol–water partition coefficient (Wildman–Crippen LogP) is 3.04. The lowest BCUT2D eigenvalue weighted by Crippen LogP contribution is -2.28. The summed E-state index contributed by atoms with van der Waals surface area (Å²) < 4.78 is 0. The second-order valence-corrected chi connectivity index (χ2v) is 5.90. The fourth-order valence-corrected chi connectivity index (χ4v) is 3.56. The minimum absolute atomic E-state index is 0.692. The molecule has 2 heteroatoms. The van der Waals surface area contributed by atoms with Gasteiger partial charge in [0.05, 0.1) is 0 Å². The summed E-state index contributed by atoms with van der Waals surface area (Å²) in [5.74, 6) is 0.692. The van der Waals surface area contributed by atoms with Gasteiger partial charge in [-0.2, -0.15) is 0 Å². The van der Waals surface area contributed by atoms with E-state index in [0.717, 1.165) is 13.1 Å². The average molecular weight is 244 g/mol. The van der Waals surface area contributed by atoms with Crippen molar-refractivity contribution in [2.24, 2.45) is 0 Å². The maximum atomic E-state index is 5.07. The highest BCUT2D eigenvalue weighted by molar-refractivity contribution is 5.41. The molecule has 2 nitrogen and oxygen atoms in total. The van der Waals surface area contributed by atoms with E-state index in [1.54, 1.807) is 5.56 Å². The number of fused-ring (bicyclic) bond motifs is 1. The zero-order chi connectivity index (χ0) is 12.5. The molecule has 0 aromatic carbocycles. The number of hydrogen-bond donors (Lipinski definition) is 1. The Hall–Kier alpha value is -0.890. The topological polar surface area (TPSA) is 24.9 Å². The van der Waals surface area contributed by atoms with Crippen LogP contribution in [0, 0.1) is 13.8 Å². The van der Waals surface area contributed by atoms with Crippen LogP contribution in [0.3, 0.4) is 0 Å². The number of aromatic nitrogens is 1. The number of piperidine rings is 1. The van der Waals surface area contributed by atoms with Crippen LogP contribution in [-0.4, -0.2) is 18.1 Å². The Balaban J connectivity index is 2.01. The molecule has 1 aromatic heterocycles. The molecular formula is C16H24N2. The molecule has 0 unspecified atom stereocenters. The second kappa shape index (κ2) is 5.00. The highest BCUT2D eigenvalue weighted by atomic mass is 14.9. The van der Waals surface area contributed by atoms with Crippen molar-refractivity contribution in [2.45, 2.75) is 58.3 Å². The number of pyridine rings is 1. The van der Waals surface area contributed by atoms with Crippen LogP contribution in [0.5, 0.6) is 0 Å². The Labute approximate surface area is 110 Å². The molecule has 1 aromatic rings. The van der Waals surface area contributed by atoms with Crippen LogP contribution in [0.15, 0.2) is 0 Å². The van der Waals surface area contributed by atoms with E-state index < -0.39 is 0 Å². The van der Waals surface area contributed by atoms with Crippen LogP contribution in [0.2, 0.25) is 0 Å². The van der Waals surface area contributed by atoms with E-state index in [9.17, 15) is 0 Å². The molecule has 1 fully saturated rings. The smallest absolute Gasteiger partial charge is 0.0470 e. The first-order valence-corrected chi connectivity index (χ1v) is 7.47. The first kappa shape index (κ1) is 12.2. The summed E-state index contributed by atoms with van der Waals surface area (Å²) >= 11 is 0. The SMILES string of the molecule is Cc1c(C2CCNCC2)nc2c(c1C)CCCC2. The molecule has 2 aliphatic rings. The van der Waals surface area contributed by atoms with E-state index in [1.165, 1.54) is 61.0 Å². The number of aryl methyl sites for hydroxylation is 1. The van der Waals surface area contributed by atoms with Gasteiger partial charge >= 0.3 is 0 Å². The lowest BCUT2D eigenvalue weighted by atomic mass is 9.85. The van der Waals surface area contributed by atoms with Gasteiger partial charge in [0, 0.05) is 17.3 Å². The molecule has 0 radical (unpaired) electrons. The Kier molecular flexibility index (Phi) is 3.38. The Morgan fingerprint density at radius 1 is 1.00 bits per heavy atom. The number of nitrogens with one attached hydrogen (secondary N) is 1.